The third-order valence-electron chi connectivity index (χ3n) is 3.91. The second-order valence-corrected chi connectivity index (χ2v) is 5.62. The number of hydrogen-bond donors (Lipinski definition) is 2. The van der Waals surface area contributed by atoms with Crippen molar-refractivity contribution in [3.8, 4) is 0 Å². The molecule has 0 aromatic heterocycles. The first-order valence-electron chi connectivity index (χ1n) is 7.86. The Morgan fingerprint density at radius 2 is 1.92 bits per heavy atom. The van der Waals surface area contributed by atoms with Crippen molar-refractivity contribution < 1.29 is 14.0 Å². The quantitative estimate of drug-likeness (QED) is 0.895. The Morgan fingerprint density at radius 1 is 1.21 bits per heavy atom. The van der Waals surface area contributed by atoms with Crippen molar-refractivity contribution in [3.63, 3.8) is 0 Å². The van der Waals surface area contributed by atoms with E-state index in [2.05, 4.69) is 10.6 Å². The molecule has 3 rings (SSSR count). The molecule has 3 amide bonds. The lowest BCUT2D eigenvalue weighted by molar-refractivity contribution is -0.117. The van der Waals surface area contributed by atoms with Gasteiger partial charge >= 0.3 is 6.03 Å². The van der Waals surface area contributed by atoms with Gasteiger partial charge in [0.1, 0.15) is 11.9 Å². The van der Waals surface area contributed by atoms with E-state index < -0.39 is 12.1 Å². The van der Waals surface area contributed by atoms with Crippen LogP contribution in [0.4, 0.5) is 26.2 Å². The summed E-state index contributed by atoms with van der Waals surface area (Å²) in [5, 5.41) is 5.57. The van der Waals surface area contributed by atoms with Crippen LogP contribution < -0.4 is 15.5 Å². The maximum atomic E-state index is 13.0. The van der Waals surface area contributed by atoms with Crippen LogP contribution >= 0.6 is 0 Å². The van der Waals surface area contributed by atoms with Gasteiger partial charge in [-0.2, -0.15) is 0 Å². The fraction of sp³-hybridized carbons (Fsp3) is 0.222. The standard InChI is InChI=1S/C18H18FN3O2/c1-2-5-16-17(23)21-14-6-3-4-7-15(14)22(16)18(24)20-13-10-8-12(19)9-11-13/h3-4,6-11,16H,2,5H2,1H3,(H,20,24)(H,21,23). The molecule has 0 fully saturated rings. The highest BCUT2D eigenvalue weighted by atomic mass is 19.1. The van der Waals surface area contributed by atoms with Crippen LogP contribution in [-0.2, 0) is 4.79 Å². The van der Waals surface area contributed by atoms with Crippen LogP contribution in [0, 0.1) is 5.82 Å². The Morgan fingerprint density at radius 3 is 2.62 bits per heavy atom. The second kappa shape index (κ2) is 6.70. The lowest BCUT2D eigenvalue weighted by atomic mass is 10.0. The molecule has 2 aromatic rings. The van der Waals surface area contributed by atoms with Gasteiger partial charge in [-0.1, -0.05) is 25.5 Å². The molecule has 1 aliphatic rings. The van der Waals surface area contributed by atoms with Gasteiger partial charge in [-0.25, -0.2) is 9.18 Å². The minimum Gasteiger partial charge on any atom is -0.322 e. The van der Waals surface area contributed by atoms with Gasteiger partial charge in [0.2, 0.25) is 5.91 Å². The highest BCUT2D eigenvalue weighted by Crippen LogP contribution is 2.33. The number of urea groups is 1. The molecule has 124 valence electrons. The number of halogens is 1. The predicted octanol–water partition coefficient (Wildman–Crippen LogP) is 3.99. The van der Waals surface area contributed by atoms with Gasteiger partial charge < -0.3 is 10.6 Å². The zero-order chi connectivity index (χ0) is 17.1. The van der Waals surface area contributed by atoms with E-state index in [9.17, 15) is 14.0 Å². The monoisotopic (exact) mass is 327 g/mol. The number of carbonyl (C=O) groups is 2. The van der Waals surface area contributed by atoms with Gasteiger partial charge in [-0.3, -0.25) is 9.69 Å². The summed E-state index contributed by atoms with van der Waals surface area (Å²) < 4.78 is 13.0. The van der Waals surface area contributed by atoms with E-state index in [0.29, 0.717) is 23.5 Å². The van der Waals surface area contributed by atoms with Gasteiger partial charge in [0, 0.05) is 5.69 Å². The summed E-state index contributed by atoms with van der Waals surface area (Å²) in [5.41, 5.74) is 1.72. The number of hydrogen-bond acceptors (Lipinski definition) is 2. The Kier molecular flexibility index (Phi) is 4.46. The Labute approximate surface area is 139 Å². The van der Waals surface area contributed by atoms with Crippen molar-refractivity contribution in [3.05, 3.63) is 54.3 Å². The van der Waals surface area contributed by atoms with Crippen molar-refractivity contribution in [1.82, 2.24) is 0 Å². The summed E-state index contributed by atoms with van der Waals surface area (Å²) in [6, 6.07) is 11.7. The van der Waals surface area contributed by atoms with E-state index in [4.69, 9.17) is 0 Å². The molecule has 1 atom stereocenters. The number of rotatable bonds is 3. The average Bonchev–Trinajstić information content (AvgIpc) is 2.57. The number of nitrogens with one attached hydrogen (secondary N) is 2. The molecular formula is C18H18FN3O2. The van der Waals surface area contributed by atoms with Crippen LogP contribution in [0.3, 0.4) is 0 Å². The minimum absolute atomic E-state index is 0.204. The number of carbonyl (C=O) groups excluding carboxylic acids is 2. The first kappa shape index (κ1) is 16.0. The Balaban J connectivity index is 1.93. The summed E-state index contributed by atoms with van der Waals surface area (Å²) in [4.78, 5) is 26.6. The van der Waals surface area contributed by atoms with E-state index in [1.165, 1.54) is 29.2 Å². The minimum atomic E-state index is -0.578. The van der Waals surface area contributed by atoms with Crippen molar-refractivity contribution in [2.45, 2.75) is 25.8 Å². The first-order chi connectivity index (χ1) is 11.6. The van der Waals surface area contributed by atoms with Gasteiger partial charge in [0.15, 0.2) is 0 Å². The molecule has 0 saturated heterocycles. The van der Waals surface area contributed by atoms with Crippen LogP contribution in [-0.4, -0.2) is 18.0 Å². The number of anilines is 3. The summed E-state index contributed by atoms with van der Waals surface area (Å²) >= 11 is 0. The van der Waals surface area contributed by atoms with Gasteiger partial charge in [0.25, 0.3) is 0 Å². The van der Waals surface area contributed by atoms with Crippen LogP contribution in [0.25, 0.3) is 0 Å². The fourth-order valence-corrected chi connectivity index (χ4v) is 2.79. The molecule has 0 bridgehead atoms. The fourth-order valence-electron chi connectivity index (χ4n) is 2.79. The smallest absolute Gasteiger partial charge is 0.322 e. The molecule has 1 unspecified atom stereocenters. The number of fused-ring (bicyclic) bond motifs is 1. The Bertz CT molecular complexity index is 761. The lowest BCUT2D eigenvalue weighted by Crippen LogP contribution is -2.52. The average molecular weight is 327 g/mol. The maximum absolute atomic E-state index is 13.0. The maximum Gasteiger partial charge on any atom is 0.327 e. The third-order valence-corrected chi connectivity index (χ3v) is 3.91. The van der Waals surface area contributed by atoms with Crippen molar-refractivity contribution in [2.75, 3.05) is 15.5 Å². The number of para-hydroxylation sites is 2. The van der Waals surface area contributed by atoms with Crippen molar-refractivity contribution >= 4 is 29.0 Å². The summed E-state index contributed by atoms with van der Waals surface area (Å²) in [5.74, 6) is -0.579. The predicted molar refractivity (Wildman–Crippen MR) is 91.7 cm³/mol. The molecule has 5 nitrogen and oxygen atoms in total. The highest BCUT2D eigenvalue weighted by molar-refractivity contribution is 6.14. The third kappa shape index (κ3) is 3.08. The van der Waals surface area contributed by atoms with Crippen molar-refractivity contribution in [1.29, 1.82) is 0 Å². The van der Waals surface area contributed by atoms with Crippen LogP contribution in [0.5, 0.6) is 0 Å². The van der Waals surface area contributed by atoms with Crippen LogP contribution in [0.1, 0.15) is 19.8 Å². The molecule has 1 heterocycles. The summed E-state index contributed by atoms with van der Waals surface area (Å²) in [6.45, 7) is 1.96. The van der Waals surface area contributed by atoms with Crippen LogP contribution in [0.2, 0.25) is 0 Å². The number of nitrogens with zero attached hydrogens (tertiary/aromatic N) is 1. The lowest BCUT2D eigenvalue weighted by Gasteiger charge is -2.36. The molecule has 0 saturated carbocycles. The molecule has 6 heteroatoms. The number of benzene rings is 2. The molecule has 0 aliphatic carbocycles. The first-order valence-corrected chi connectivity index (χ1v) is 7.86. The molecular weight excluding hydrogens is 309 g/mol. The molecule has 0 spiro atoms. The molecule has 1 aliphatic heterocycles. The largest absolute Gasteiger partial charge is 0.327 e. The summed E-state index contributed by atoms with van der Waals surface area (Å²) in [7, 11) is 0. The topological polar surface area (TPSA) is 61.4 Å². The van der Waals surface area contributed by atoms with Gasteiger partial charge in [-0.05, 0) is 42.8 Å². The normalized spacial score (nSPS) is 16.3. The van der Waals surface area contributed by atoms with E-state index in [1.807, 2.05) is 13.0 Å². The zero-order valence-electron chi connectivity index (χ0n) is 13.3. The second-order valence-electron chi connectivity index (χ2n) is 5.62. The molecule has 2 N–H and O–H groups in total. The van der Waals surface area contributed by atoms with E-state index >= 15 is 0 Å². The zero-order valence-corrected chi connectivity index (χ0v) is 13.3. The molecule has 0 radical (unpaired) electrons. The van der Waals surface area contributed by atoms with E-state index in [0.717, 1.165) is 6.42 Å². The van der Waals surface area contributed by atoms with Crippen molar-refractivity contribution in [2.24, 2.45) is 0 Å². The molecule has 24 heavy (non-hydrogen) atoms. The number of amides is 3. The van der Waals surface area contributed by atoms with E-state index in [-0.39, 0.29) is 11.7 Å². The summed E-state index contributed by atoms with van der Waals surface area (Å²) in [6.07, 6.45) is 1.32. The van der Waals surface area contributed by atoms with Crippen LogP contribution in [0.15, 0.2) is 48.5 Å². The Hall–Kier alpha value is -2.89. The van der Waals surface area contributed by atoms with Gasteiger partial charge in [0.05, 0.1) is 11.4 Å². The SMILES string of the molecule is CCCC1C(=O)Nc2ccccc2N1C(=O)Nc1ccc(F)cc1. The van der Waals surface area contributed by atoms with Gasteiger partial charge in [-0.15, -0.1) is 0 Å². The highest BCUT2D eigenvalue weighted by Gasteiger charge is 2.36. The molecule has 2 aromatic carbocycles. The van der Waals surface area contributed by atoms with E-state index in [1.54, 1.807) is 18.2 Å².